The van der Waals surface area contributed by atoms with Gasteiger partial charge in [-0.25, -0.2) is 0 Å². The zero-order valence-electron chi connectivity index (χ0n) is 9.02. The van der Waals surface area contributed by atoms with Gasteiger partial charge in [0, 0.05) is 0 Å². The number of rotatable bonds is 3. The molecule has 0 aliphatic heterocycles. The summed E-state index contributed by atoms with van der Waals surface area (Å²) in [5, 5.41) is 0. The average Bonchev–Trinajstić information content (AvgIpc) is 2.02. The van der Waals surface area contributed by atoms with Crippen LogP contribution in [-0.2, 0) is 9.53 Å². The summed E-state index contributed by atoms with van der Waals surface area (Å²) >= 11 is 0. The van der Waals surface area contributed by atoms with Gasteiger partial charge in [-0.3, -0.25) is 4.79 Å². The summed E-state index contributed by atoms with van der Waals surface area (Å²) in [6.07, 6.45) is 0.967. The molecule has 0 aliphatic carbocycles. The van der Waals surface area contributed by atoms with E-state index in [0.717, 1.165) is 6.42 Å². The minimum atomic E-state index is -0.406. The summed E-state index contributed by atoms with van der Waals surface area (Å²) in [4.78, 5) is 11.4. The highest BCUT2D eigenvalue weighted by Crippen LogP contribution is 2.41. The number of carbonyl (C=O) groups is 1. The lowest BCUT2D eigenvalue weighted by atomic mass is 9.66. The van der Waals surface area contributed by atoms with Crippen molar-refractivity contribution >= 4 is 5.97 Å². The summed E-state index contributed by atoms with van der Waals surface area (Å²) in [7, 11) is 1.44. The molecular weight excluding hydrogens is 152 g/mol. The van der Waals surface area contributed by atoms with E-state index in [4.69, 9.17) is 4.74 Å². The summed E-state index contributed by atoms with van der Waals surface area (Å²) in [5.74, 6) is -0.130. The van der Waals surface area contributed by atoms with Gasteiger partial charge in [0.1, 0.15) is 0 Å². The Hall–Kier alpha value is -0.530. The first-order valence-electron chi connectivity index (χ1n) is 4.38. The van der Waals surface area contributed by atoms with Crippen LogP contribution in [0.1, 0.15) is 41.0 Å². The summed E-state index contributed by atoms with van der Waals surface area (Å²) < 4.78 is 4.76. The zero-order chi connectivity index (χ0) is 9.99. The fraction of sp³-hybridized carbons (Fsp3) is 0.900. The van der Waals surface area contributed by atoms with Gasteiger partial charge in [0.2, 0.25) is 0 Å². The molecule has 2 nitrogen and oxygen atoms in total. The Balaban J connectivity index is 4.71. The summed E-state index contributed by atoms with van der Waals surface area (Å²) in [5.41, 5.74) is -0.420. The Bertz CT molecular complexity index is 169. The van der Waals surface area contributed by atoms with E-state index in [-0.39, 0.29) is 11.4 Å². The molecule has 0 radical (unpaired) electrons. The summed E-state index contributed by atoms with van der Waals surface area (Å²) in [6, 6.07) is 0. The van der Waals surface area contributed by atoms with E-state index in [1.54, 1.807) is 0 Å². The maximum absolute atomic E-state index is 11.4. The molecule has 0 rings (SSSR count). The van der Waals surface area contributed by atoms with Gasteiger partial charge in [0.15, 0.2) is 0 Å². The van der Waals surface area contributed by atoms with Crippen molar-refractivity contribution in [2.45, 2.75) is 41.0 Å². The van der Waals surface area contributed by atoms with Crippen LogP contribution in [-0.4, -0.2) is 13.1 Å². The Kier molecular flexibility index (Phi) is 3.31. The molecule has 0 saturated heterocycles. The van der Waals surface area contributed by atoms with Gasteiger partial charge in [0.05, 0.1) is 12.5 Å². The predicted octanol–water partition coefficient (Wildman–Crippen LogP) is 2.62. The molecule has 0 atom stereocenters. The van der Waals surface area contributed by atoms with Crippen molar-refractivity contribution in [2.75, 3.05) is 7.11 Å². The van der Waals surface area contributed by atoms with Crippen LogP contribution in [0, 0.1) is 10.8 Å². The molecule has 0 aromatic heterocycles. The quantitative estimate of drug-likeness (QED) is 0.612. The maximum atomic E-state index is 11.4. The van der Waals surface area contributed by atoms with Crippen molar-refractivity contribution in [3.05, 3.63) is 0 Å². The molecule has 0 saturated carbocycles. The first kappa shape index (κ1) is 11.5. The molecule has 0 fully saturated rings. The maximum Gasteiger partial charge on any atom is 0.311 e. The zero-order valence-corrected chi connectivity index (χ0v) is 9.02. The molecule has 0 heterocycles. The van der Waals surface area contributed by atoms with Crippen LogP contribution in [0.25, 0.3) is 0 Å². The number of esters is 1. The van der Waals surface area contributed by atoms with Gasteiger partial charge in [-0.1, -0.05) is 20.8 Å². The molecule has 72 valence electrons. The molecular formula is C10H20O2. The standard InChI is InChI=1S/C10H20O2/c1-7-9(2,3)10(4,5)8(11)12-6/h7H2,1-6H3. The van der Waals surface area contributed by atoms with Crippen molar-refractivity contribution in [1.29, 1.82) is 0 Å². The molecule has 0 aromatic rings. The van der Waals surface area contributed by atoms with Gasteiger partial charge < -0.3 is 4.74 Å². The Morgan fingerprint density at radius 1 is 1.25 bits per heavy atom. The highest BCUT2D eigenvalue weighted by atomic mass is 16.5. The number of ether oxygens (including phenoxy) is 1. The van der Waals surface area contributed by atoms with Crippen molar-refractivity contribution < 1.29 is 9.53 Å². The van der Waals surface area contributed by atoms with Gasteiger partial charge in [-0.05, 0) is 25.7 Å². The normalized spacial score (nSPS) is 12.8. The van der Waals surface area contributed by atoms with E-state index in [1.165, 1.54) is 7.11 Å². The topological polar surface area (TPSA) is 26.3 Å². The van der Waals surface area contributed by atoms with Crippen LogP contribution in [0.15, 0.2) is 0 Å². The molecule has 0 aromatic carbocycles. The minimum Gasteiger partial charge on any atom is -0.469 e. The molecule has 0 unspecified atom stereocenters. The largest absolute Gasteiger partial charge is 0.469 e. The highest BCUT2D eigenvalue weighted by Gasteiger charge is 2.42. The van der Waals surface area contributed by atoms with Gasteiger partial charge >= 0.3 is 5.97 Å². The van der Waals surface area contributed by atoms with Crippen molar-refractivity contribution in [3.8, 4) is 0 Å². The SMILES string of the molecule is CCC(C)(C)C(C)(C)C(=O)OC. The molecule has 0 aliphatic rings. The second-order valence-electron chi connectivity index (χ2n) is 4.35. The Morgan fingerprint density at radius 3 is 1.92 bits per heavy atom. The van der Waals surface area contributed by atoms with Gasteiger partial charge in [-0.15, -0.1) is 0 Å². The number of methoxy groups -OCH3 is 1. The molecule has 0 spiro atoms. The fourth-order valence-electron chi connectivity index (χ4n) is 0.973. The molecule has 0 N–H and O–H groups in total. The fourth-order valence-corrected chi connectivity index (χ4v) is 0.973. The van der Waals surface area contributed by atoms with Crippen LogP contribution in [0.4, 0.5) is 0 Å². The molecule has 0 amide bonds. The Labute approximate surface area is 75.3 Å². The number of carbonyl (C=O) groups excluding carboxylic acids is 1. The predicted molar refractivity (Wildman–Crippen MR) is 49.9 cm³/mol. The number of hydrogen-bond donors (Lipinski definition) is 0. The van der Waals surface area contributed by atoms with E-state index in [9.17, 15) is 4.79 Å². The lowest BCUT2D eigenvalue weighted by molar-refractivity contribution is -0.157. The van der Waals surface area contributed by atoms with Crippen LogP contribution < -0.4 is 0 Å². The van der Waals surface area contributed by atoms with E-state index < -0.39 is 5.41 Å². The third-order valence-corrected chi connectivity index (χ3v) is 3.27. The van der Waals surface area contributed by atoms with Gasteiger partial charge in [0.25, 0.3) is 0 Å². The van der Waals surface area contributed by atoms with E-state index in [2.05, 4.69) is 20.8 Å². The smallest absolute Gasteiger partial charge is 0.311 e. The van der Waals surface area contributed by atoms with Crippen molar-refractivity contribution in [1.82, 2.24) is 0 Å². The van der Waals surface area contributed by atoms with Crippen molar-refractivity contribution in [2.24, 2.45) is 10.8 Å². The Morgan fingerprint density at radius 2 is 1.67 bits per heavy atom. The lowest BCUT2D eigenvalue weighted by Gasteiger charge is -2.38. The number of hydrogen-bond acceptors (Lipinski definition) is 2. The summed E-state index contributed by atoms with van der Waals surface area (Å²) in [6.45, 7) is 10.1. The highest BCUT2D eigenvalue weighted by molar-refractivity contribution is 5.76. The van der Waals surface area contributed by atoms with Crippen LogP contribution in [0.2, 0.25) is 0 Å². The first-order chi connectivity index (χ1) is 5.29. The van der Waals surface area contributed by atoms with Crippen LogP contribution in [0.3, 0.4) is 0 Å². The first-order valence-corrected chi connectivity index (χ1v) is 4.38. The third-order valence-electron chi connectivity index (χ3n) is 3.27. The third kappa shape index (κ3) is 1.79. The second-order valence-corrected chi connectivity index (χ2v) is 4.35. The lowest BCUT2D eigenvalue weighted by Crippen LogP contribution is -2.40. The van der Waals surface area contributed by atoms with E-state index >= 15 is 0 Å². The van der Waals surface area contributed by atoms with Gasteiger partial charge in [-0.2, -0.15) is 0 Å². The molecule has 2 heteroatoms. The monoisotopic (exact) mass is 172 g/mol. The van der Waals surface area contributed by atoms with Crippen LogP contribution >= 0.6 is 0 Å². The van der Waals surface area contributed by atoms with Crippen molar-refractivity contribution in [3.63, 3.8) is 0 Å². The molecule has 12 heavy (non-hydrogen) atoms. The average molecular weight is 172 g/mol. The molecule has 0 bridgehead atoms. The van der Waals surface area contributed by atoms with E-state index in [0.29, 0.717) is 0 Å². The second kappa shape index (κ2) is 3.46. The van der Waals surface area contributed by atoms with E-state index in [1.807, 2.05) is 13.8 Å². The van der Waals surface area contributed by atoms with Crippen LogP contribution in [0.5, 0.6) is 0 Å². The minimum absolute atomic E-state index is 0.0138.